The highest BCUT2D eigenvalue weighted by molar-refractivity contribution is 7.10. The van der Waals surface area contributed by atoms with E-state index in [0.29, 0.717) is 0 Å². The first-order chi connectivity index (χ1) is 9.19. The van der Waals surface area contributed by atoms with Crippen LogP contribution in [-0.2, 0) is 0 Å². The molecule has 5 heteroatoms. The van der Waals surface area contributed by atoms with Gasteiger partial charge in [0.05, 0.1) is 25.3 Å². The molecule has 0 saturated heterocycles. The summed E-state index contributed by atoms with van der Waals surface area (Å²) in [4.78, 5) is 1.08. The van der Waals surface area contributed by atoms with E-state index in [4.69, 9.17) is 21.1 Å². The second-order valence-corrected chi connectivity index (χ2v) is 5.36. The molecular formula is C14H16ClNO2S. The molecule has 2 rings (SSSR count). The monoisotopic (exact) mass is 297 g/mol. The average Bonchev–Trinajstić information content (AvgIpc) is 2.85. The van der Waals surface area contributed by atoms with E-state index in [1.54, 1.807) is 25.6 Å². The van der Waals surface area contributed by atoms with Gasteiger partial charge in [-0.3, -0.25) is 0 Å². The number of ether oxygens (including phenoxy) is 2. The molecule has 0 aliphatic rings. The van der Waals surface area contributed by atoms with Gasteiger partial charge in [-0.1, -0.05) is 11.6 Å². The average molecular weight is 298 g/mol. The van der Waals surface area contributed by atoms with E-state index in [-0.39, 0.29) is 6.04 Å². The van der Waals surface area contributed by atoms with Crippen molar-refractivity contribution in [1.29, 1.82) is 0 Å². The van der Waals surface area contributed by atoms with Crippen molar-refractivity contribution in [3.05, 3.63) is 45.1 Å². The molecule has 0 saturated carbocycles. The molecule has 102 valence electrons. The topological polar surface area (TPSA) is 30.5 Å². The van der Waals surface area contributed by atoms with Crippen molar-refractivity contribution in [1.82, 2.24) is 5.32 Å². The zero-order valence-corrected chi connectivity index (χ0v) is 12.6. The Bertz CT molecular complexity index is 534. The molecule has 0 aliphatic carbocycles. The summed E-state index contributed by atoms with van der Waals surface area (Å²) in [5.74, 6) is 1.53. The third-order valence-corrected chi connectivity index (χ3v) is 4.33. The Morgan fingerprint density at radius 3 is 2.21 bits per heavy atom. The van der Waals surface area contributed by atoms with E-state index in [1.807, 2.05) is 36.7 Å². The maximum absolute atomic E-state index is 6.22. The van der Waals surface area contributed by atoms with Gasteiger partial charge in [0.2, 0.25) is 0 Å². The Morgan fingerprint density at radius 1 is 1.16 bits per heavy atom. The number of hydrogen-bond donors (Lipinski definition) is 1. The van der Waals surface area contributed by atoms with Gasteiger partial charge in [-0.05, 0) is 36.2 Å². The number of nitrogens with one attached hydrogen (secondary N) is 1. The maximum Gasteiger partial charge on any atom is 0.122 e. The summed E-state index contributed by atoms with van der Waals surface area (Å²) in [6.07, 6.45) is 0. The zero-order valence-electron chi connectivity index (χ0n) is 11.1. The fourth-order valence-electron chi connectivity index (χ4n) is 1.96. The van der Waals surface area contributed by atoms with E-state index < -0.39 is 0 Å². The highest BCUT2D eigenvalue weighted by Gasteiger charge is 2.18. The number of methoxy groups -OCH3 is 2. The molecule has 1 heterocycles. The van der Waals surface area contributed by atoms with Crippen LogP contribution in [0.4, 0.5) is 0 Å². The second-order valence-electron chi connectivity index (χ2n) is 4.00. The predicted molar refractivity (Wildman–Crippen MR) is 79.8 cm³/mol. The lowest BCUT2D eigenvalue weighted by molar-refractivity contribution is 0.392. The first kappa shape index (κ1) is 14.2. The summed E-state index contributed by atoms with van der Waals surface area (Å²) in [5, 5.41) is 6.03. The van der Waals surface area contributed by atoms with Gasteiger partial charge in [0.15, 0.2) is 0 Å². The van der Waals surface area contributed by atoms with Crippen LogP contribution in [-0.4, -0.2) is 21.3 Å². The molecule has 0 spiro atoms. The molecule has 0 aliphatic heterocycles. The van der Waals surface area contributed by atoms with Crippen LogP contribution in [0, 0.1) is 0 Å². The van der Waals surface area contributed by atoms with Crippen LogP contribution in [0.3, 0.4) is 0 Å². The quantitative estimate of drug-likeness (QED) is 0.912. The highest BCUT2D eigenvalue weighted by atomic mass is 35.5. The van der Waals surface area contributed by atoms with Gasteiger partial charge in [0.1, 0.15) is 11.5 Å². The van der Waals surface area contributed by atoms with Gasteiger partial charge in [-0.25, -0.2) is 0 Å². The summed E-state index contributed by atoms with van der Waals surface area (Å²) >= 11 is 7.85. The lowest BCUT2D eigenvalue weighted by atomic mass is 10.0. The molecule has 1 N–H and O–H groups in total. The molecule has 1 aromatic heterocycles. The number of benzene rings is 1. The normalized spacial score (nSPS) is 12.2. The van der Waals surface area contributed by atoms with Crippen LogP contribution < -0.4 is 14.8 Å². The minimum Gasteiger partial charge on any atom is -0.497 e. The lowest BCUT2D eigenvalue weighted by Gasteiger charge is -2.17. The Balaban J connectivity index is 2.46. The van der Waals surface area contributed by atoms with Crippen LogP contribution in [0.25, 0.3) is 0 Å². The standard InChI is InChI=1S/C14H16ClNO2S/c1-16-13(14-12(15)4-5-19-14)9-6-10(17-2)8-11(7-9)18-3/h4-8,13,16H,1-3H3. The molecular weight excluding hydrogens is 282 g/mol. The minimum absolute atomic E-state index is 0.0245. The van der Waals surface area contributed by atoms with E-state index in [1.165, 1.54) is 0 Å². The second kappa shape index (κ2) is 6.28. The van der Waals surface area contributed by atoms with Crippen LogP contribution in [0.15, 0.2) is 29.6 Å². The van der Waals surface area contributed by atoms with Crippen molar-refractivity contribution >= 4 is 22.9 Å². The molecule has 1 atom stereocenters. The lowest BCUT2D eigenvalue weighted by Crippen LogP contribution is -2.17. The summed E-state index contributed by atoms with van der Waals surface area (Å²) in [6.45, 7) is 0. The maximum atomic E-state index is 6.22. The summed E-state index contributed by atoms with van der Waals surface area (Å²) in [7, 11) is 5.20. The van der Waals surface area contributed by atoms with Crippen molar-refractivity contribution in [3.8, 4) is 11.5 Å². The summed E-state index contributed by atoms with van der Waals surface area (Å²) in [6, 6.07) is 7.76. The van der Waals surface area contributed by atoms with E-state index >= 15 is 0 Å². The van der Waals surface area contributed by atoms with Crippen molar-refractivity contribution in [3.63, 3.8) is 0 Å². The molecule has 0 amide bonds. The number of rotatable bonds is 5. The van der Waals surface area contributed by atoms with Crippen LogP contribution >= 0.6 is 22.9 Å². The van der Waals surface area contributed by atoms with E-state index in [2.05, 4.69) is 5.32 Å². The van der Waals surface area contributed by atoms with Crippen molar-refractivity contribution < 1.29 is 9.47 Å². The predicted octanol–water partition coefficient (Wildman–Crippen LogP) is 3.73. The number of thiophene rings is 1. The van der Waals surface area contributed by atoms with Gasteiger partial charge in [-0.2, -0.15) is 0 Å². The van der Waals surface area contributed by atoms with Crippen molar-refractivity contribution in [2.24, 2.45) is 0 Å². The molecule has 1 aromatic carbocycles. The van der Waals surface area contributed by atoms with Crippen molar-refractivity contribution in [2.75, 3.05) is 21.3 Å². The highest BCUT2D eigenvalue weighted by Crippen LogP contribution is 2.35. The Hall–Kier alpha value is -1.23. The first-order valence-electron chi connectivity index (χ1n) is 5.82. The third kappa shape index (κ3) is 3.03. The van der Waals surface area contributed by atoms with Gasteiger partial charge < -0.3 is 14.8 Å². The Morgan fingerprint density at radius 2 is 1.79 bits per heavy atom. The smallest absolute Gasteiger partial charge is 0.122 e. The summed E-state index contributed by atoms with van der Waals surface area (Å²) < 4.78 is 10.6. The van der Waals surface area contributed by atoms with E-state index in [9.17, 15) is 0 Å². The van der Waals surface area contributed by atoms with Gasteiger partial charge in [-0.15, -0.1) is 11.3 Å². The first-order valence-corrected chi connectivity index (χ1v) is 7.08. The third-order valence-electron chi connectivity index (χ3n) is 2.90. The minimum atomic E-state index is 0.0245. The largest absolute Gasteiger partial charge is 0.497 e. The molecule has 2 aromatic rings. The number of halogens is 1. The van der Waals surface area contributed by atoms with Crippen LogP contribution in [0.1, 0.15) is 16.5 Å². The molecule has 19 heavy (non-hydrogen) atoms. The van der Waals surface area contributed by atoms with Gasteiger partial charge in [0.25, 0.3) is 0 Å². The molecule has 3 nitrogen and oxygen atoms in total. The van der Waals surface area contributed by atoms with E-state index in [0.717, 1.165) is 27.0 Å². The molecule has 1 unspecified atom stereocenters. The van der Waals surface area contributed by atoms with Gasteiger partial charge >= 0.3 is 0 Å². The summed E-state index contributed by atoms with van der Waals surface area (Å²) in [5.41, 5.74) is 1.06. The number of hydrogen-bond acceptors (Lipinski definition) is 4. The fraction of sp³-hybridized carbons (Fsp3) is 0.286. The fourth-order valence-corrected chi connectivity index (χ4v) is 3.26. The molecule has 0 bridgehead atoms. The molecule has 0 fully saturated rings. The zero-order chi connectivity index (χ0) is 13.8. The van der Waals surface area contributed by atoms with Crippen LogP contribution in [0.2, 0.25) is 5.02 Å². The van der Waals surface area contributed by atoms with Crippen molar-refractivity contribution in [2.45, 2.75) is 6.04 Å². The Labute approximate surface area is 122 Å². The van der Waals surface area contributed by atoms with Gasteiger partial charge in [0, 0.05) is 10.9 Å². The molecule has 0 radical (unpaired) electrons. The SMILES string of the molecule is CNC(c1cc(OC)cc(OC)c1)c1sccc1Cl. The van der Waals surface area contributed by atoms with Crippen LogP contribution in [0.5, 0.6) is 11.5 Å². The Kier molecular flexibility index (Phi) is 4.69.